The number of hydrogen-bond acceptors (Lipinski definition) is 2. The van der Waals surface area contributed by atoms with Gasteiger partial charge in [-0.2, -0.15) is 0 Å². The van der Waals surface area contributed by atoms with Crippen LogP contribution in [0.5, 0.6) is 5.75 Å². The zero-order valence-corrected chi connectivity index (χ0v) is 16.9. The maximum absolute atomic E-state index is 9.35. The fraction of sp³-hybridized carbons (Fsp3) is 0.350. The molecule has 134 valence electrons. The van der Waals surface area contributed by atoms with E-state index in [1.54, 1.807) is 12.1 Å². The van der Waals surface area contributed by atoms with Gasteiger partial charge in [0, 0.05) is 18.5 Å². The van der Waals surface area contributed by atoms with Gasteiger partial charge in [0.2, 0.25) is 0 Å². The molecular formula is C20H26IN3O. The van der Waals surface area contributed by atoms with Crippen LogP contribution >= 0.6 is 24.0 Å². The number of hydrogen-bond donors (Lipinski definition) is 3. The lowest BCUT2D eigenvalue weighted by Crippen LogP contribution is -2.41. The summed E-state index contributed by atoms with van der Waals surface area (Å²) in [5.41, 5.74) is 2.75. The van der Waals surface area contributed by atoms with Gasteiger partial charge in [0.25, 0.3) is 0 Å². The van der Waals surface area contributed by atoms with Gasteiger partial charge in [-0.25, -0.2) is 4.99 Å². The third kappa shape index (κ3) is 5.36. The van der Waals surface area contributed by atoms with Gasteiger partial charge in [0.15, 0.2) is 5.96 Å². The maximum Gasteiger partial charge on any atom is 0.191 e. The average molecular weight is 451 g/mol. The Morgan fingerprint density at radius 1 is 1.04 bits per heavy atom. The van der Waals surface area contributed by atoms with Crippen molar-refractivity contribution in [1.29, 1.82) is 0 Å². The van der Waals surface area contributed by atoms with Crippen molar-refractivity contribution in [3.05, 3.63) is 65.7 Å². The van der Waals surface area contributed by atoms with E-state index in [0.29, 0.717) is 6.54 Å². The molecule has 3 rings (SSSR count). The van der Waals surface area contributed by atoms with Gasteiger partial charge < -0.3 is 15.7 Å². The second kappa shape index (κ2) is 9.08. The Bertz CT molecular complexity index is 682. The minimum atomic E-state index is 0. The standard InChI is InChI=1S/C20H25N3O.HI/c1-2-21-19(22-14-16-8-10-18(24)11-9-16)23-15-20(12-13-20)17-6-4-3-5-7-17;/h3-11,24H,2,12-15H2,1H3,(H2,21,22,23);1H. The quantitative estimate of drug-likeness (QED) is 0.356. The highest BCUT2D eigenvalue weighted by atomic mass is 127. The second-order valence-corrected chi connectivity index (χ2v) is 6.36. The minimum absolute atomic E-state index is 0. The van der Waals surface area contributed by atoms with E-state index in [4.69, 9.17) is 0 Å². The van der Waals surface area contributed by atoms with Crippen LogP contribution in [0.1, 0.15) is 30.9 Å². The summed E-state index contributed by atoms with van der Waals surface area (Å²) in [5.74, 6) is 1.12. The topological polar surface area (TPSA) is 56.7 Å². The van der Waals surface area contributed by atoms with Crippen molar-refractivity contribution in [2.24, 2.45) is 4.99 Å². The van der Waals surface area contributed by atoms with Crippen LogP contribution in [0.3, 0.4) is 0 Å². The fourth-order valence-electron chi connectivity index (χ4n) is 2.88. The minimum Gasteiger partial charge on any atom is -0.508 e. The van der Waals surface area contributed by atoms with Crippen LogP contribution in [0, 0.1) is 0 Å². The lowest BCUT2D eigenvalue weighted by Gasteiger charge is -2.19. The van der Waals surface area contributed by atoms with Crippen LogP contribution < -0.4 is 10.6 Å². The Morgan fingerprint density at radius 2 is 1.72 bits per heavy atom. The predicted molar refractivity (Wildman–Crippen MR) is 114 cm³/mol. The molecule has 1 aliphatic rings. The zero-order valence-electron chi connectivity index (χ0n) is 14.5. The molecule has 0 atom stereocenters. The number of phenols is 1. The van der Waals surface area contributed by atoms with Crippen molar-refractivity contribution in [3.63, 3.8) is 0 Å². The number of aromatic hydroxyl groups is 1. The molecule has 0 spiro atoms. The number of benzene rings is 2. The normalized spacial score (nSPS) is 15.2. The lowest BCUT2D eigenvalue weighted by atomic mass is 9.96. The molecule has 1 fully saturated rings. The lowest BCUT2D eigenvalue weighted by molar-refractivity contribution is 0.475. The molecule has 1 saturated carbocycles. The summed E-state index contributed by atoms with van der Waals surface area (Å²) in [6.07, 6.45) is 2.45. The van der Waals surface area contributed by atoms with Crippen LogP contribution in [0.2, 0.25) is 0 Å². The number of guanidine groups is 1. The van der Waals surface area contributed by atoms with E-state index in [9.17, 15) is 5.11 Å². The molecule has 0 radical (unpaired) electrons. The van der Waals surface area contributed by atoms with E-state index in [1.807, 2.05) is 12.1 Å². The molecule has 5 heteroatoms. The van der Waals surface area contributed by atoms with Gasteiger partial charge in [-0.05, 0) is 43.0 Å². The number of phenolic OH excluding ortho intramolecular Hbond substituents is 1. The monoisotopic (exact) mass is 451 g/mol. The first-order valence-corrected chi connectivity index (χ1v) is 8.57. The van der Waals surface area contributed by atoms with Crippen molar-refractivity contribution in [3.8, 4) is 5.75 Å². The van der Waals surface area contributed by atoms with Gasteiger partial charge in [0.1, 0.15) is 5.75 Å². The van der Waals surface area contributed by atoms with Crippen LogP contribution in [-0.4, -0.2) is 24.2 Å². The van der Waals surface area contributed by atoms with Crippen molar-refractivity contribution in [1.82, 2.24) is 10.6 Å². The first-order valence-electron chi connectivity index (χ1n) is 8.57. The van der Waals surface area contributed by atoms with Crippen LogP contribution in [0.15, 0.2) is 59.6 Å². The van der Waals surface area contributed by atoms with Gasteiger partial charge in [-0.3, -0.25) is 0 Å². The van der Waals surface area contributed by atoms with E-state index in [0.717, 1.165) is 24.6 Å². The highest BCUT2D eigenvalue weighted by Crippen LogP contribution is 2.47. The summed E-state index contributed by atoms with van der Waals surface area (Å²) >= 11 is 0. The maximum atomic E-state index is 9.35. The van der Waals surface area contributed by atoms with Crippen molar-refractivity contribution >= 4 is 29.9 Å². The molecule has 0 aromatic heterocycles. The molecular weight excluding hydrogens is 425 g/mol. The van der Waals surface area contributed by atoms with Crippen molar-refractivity contribution < 1.29 is 5.11 Å². The molecule has 1 aliphatic carbocycles. The molecule has 4 nitrogen and oxygen atoms in total. The van der Waals surface area contributed by atoms with E-state index in [2.05, 4.69) is 52.9 Å². The number of rotatable bonds is 6. The van der Waals surface area contributed by atoms with Gasteiger partial charge in [-0.15, -0.1) is 24.0 Å². The predicted octanol–water partition coefficient (Wildman–Crippen LogP) is 3.80. The smallest absolute Gasteiger partial charge is 0.191 e. The summed E-state index contributed by atoms with van der Waals surface area (Å²) in [6.45, 7) is 4.40. The third-order valence-electron chi connectivity index (χ3n) is 4.53. The van der Waals surface area contributed by atoms with E-state index >= 15 is 0 Å². The number of nitrogens with zero attached hydrogens (tertiary/aromatic N) is 1. The Hall–Kier alpha value is -1.76. The SMILES string of the molecule is CCNC(=NCc1ccc(O)cc1)NCC1(c2ccccc2)CC1.I. The van der Waals surface area contributed by atoms with Gasteiger partial charge in [0.05, 0.1) is 6.54 Å². The Labute approximate surface area is 166 Å². The largest absolute Gasteiger partial charge is 0.508 e. The zero-order chi connectivity index (χ0) is 16.8. The van der Waals surface area contributed by atoms with Crippen LogP contribution in [0.4, 0.5) is 0 Å². The fourth-order valence-corrected chi connectivity index (χ4v) is 2.88. The molecule has 0 aliphatic heterocycles. The Kier molecular flexibility index (Phi) is 7.11. The number of aliphatic imine (C=N–C) groups is 1. The van der Waals surface area contributed by atoms with Gasteiger partial charge >= 0.3 is 0 Å². The Morgan fingerprint density at radius 3 is 2.32 bits per heavy atom. The first kappa shape index (κ1) is 19.6. The number of halogens is 1. The van der Waals surface area contributed by atoms with Crippen molar-refractivity contribution in [2.75, 3.05) is 13.1 Å². The molecule has 3 N–H and O–H groups in total. The van der Waals surface area contributed by atoms with E-state index < -0.39 is 0 Å². The molecule has 0 amide bonds. The number of nitrogens with one attached hydrogen (secondary N) is 2. The summed E-state index contributed by atoms with van der Waals surface area (Å²) in [6, 6.07) is 17.9. The van der Waals surface area contributed by atoms with Gasteiger partial charge in [-0.1, -0.05) is 42.5 Å². The van der Waals surface area contributed by atoms with Crippen molar-refractivity contribution in [2.45, 2.75) is 31.7 Å². The molecule has 0 bridgehead atoms. The molecule has 25 heavy (non-hydrogen) atoms. The summed E-state index contributed by atoms with van der Waals surface area (Å²) in [7, 11) is 0. The first-order chi connectivity index (χ1) is 11.7. The highest BCUT2D eigenvalue weighted by molar-refractivity contribution is 14.0. The molecule has 2 aromatic carbocycles. The van der Waals surface area contributed by atoms with E-state index in [1.165, 1.54) is 18.4 Å². The van der Waals surface area contributed by atoms with Crippen LogP contribution in [0.25, 0.3) is 0 Å². The highest BCUT2D eigenvalue weighted by Gasteiger charge is 2.43. The molecule has 0 heterocycles. The molecule has 0 saturated heterocycles. The second-order valence-electron chi connectivity index (χ2n) is 6.36. The summed E-state index contributed by atoms with van der Waals surface area (Å²) in [5, 5.41) is 16.1. The summed E-state index contributed by atoms with van der Waals surface area (Å²) < 4.78 is 0. The summed E-state index contributed by atoms with van der Waals surface area (Å²) in [4.78, 5) is 4.65. The molecule has 0 unspecified atom stereocenters. The Balaban J connectivity index is 0.00000225. The van der Waals surface area contributed by atoms with E-state index in [-0.39, 0.29) is 35.1 Å². The van der Waals surface area contributed by atoms with Crippen LogP contribution in [-0.2, 0) is 12.0 Å². The third-order valence-corrected chi connectivity index (χ3v) is 4.53. The average Bonchev–Trinajstić information content (AvgIpc) is 3.41. The molecule has 2 aromatic rings.